The van der Waals surface area contributed by atoms with Crippen molar-refractivity contribution in [2.45, 2.75) is 0 Å². The maximum absolute atomic E-state index is 5.54. The molecule has 1 nitrogen and oxygen atoms in total. The zero-order valence-corrected chi connectivity index (χ0v) is 9.29. The fraction of sp³-hybridized carbons (Fsp3) is 0. The SMILES string of the molecule is ClC(Cl)=Cc1ccc(-c2ccccc2)o1. The first-order valence-electron chi connectivity index (χ1n) is 4.43. The molecular formula is C12H8Cl2O. The fourth-order valence-electron chi connectivity index (χ4n) is 1.30. The minimum Gasteiger partial charge on any atom is -0.457 e. The van der Waals surface area contributed by atoms with Gasteiger partial charge >= 0.3 is 0 Å². The smallest absolute Gasteiger partial charge is 0.134 e. The van der Waals surface area contributed by atoms with E-state index in [0.29, 0.717) is 5.76 Å². The van der Waals surface area contributed by atoms with Crippen LogP contribution in [0.4, 0.5) is 0 Å². The summed E-state index contributed by atoms with van der Waals surface area (Å²) in [7, 11) is 0. The lowest BCUT2D eigenvalue weighted by atomic mass is 10.2. The topological polar surface area (TPSA) is 13.1 Å². The number of furan rings is 1. The van der Waals surface area contributed by atoms with Crippen LogP contribution in [0.15, 0.2) is 51.4 Å². The minimum absolute atomic E-state index is 0.184. The van der Waals surface area contributed by atoms with Gasteiger partial charge in [0, 0.05) is 11.6 Å². The summed E-state index contributed by atoms with van der Waals surface area (Å²) in [5, 5.41) is 0. The Hall–Kier alpha value is -1.18. The molecule has 0 unspecified atom stereocenters. The van der Waals surface area contributed by atoms with Gasteiger partial charge in [0.25, 0.3) is 0 Å². The zero-order chi connectivity index (χ0) is 10.7. The lowest BCUT2D eigenvalue weighted by Gasteiger charge is -1.94. The van der Waals surface area contributed by atoms with Crippen molar-refractivity contribution < 1.29 is 4.42 Å². The Balaban J connectivity index is 2.32. The molecule has 0 aliphatic carbocycles. The van der Waals surface area contributed by atoms with E-state index in [1.165, 1.54) is 0 Å². The van der Waals surface area contributed by atoms with Crippen molar-refractivity contribution in [3.63, 3.8) is 0 Å². The molecule has 0 saturated carbocycles. The maximum Gasteiger partial charge on any atom is 0.134 e. The van der Waals surface area contributed by atoms with E-state index in [0.717, 1.165) is 11.3 Å². The summed E-state index contributed by atoms with van der Waals surface area (Å²) in [5.74, 6) is 1.45. The summed E-state index contributed by atoms with van der Waals surface area (Å²) in [6, 6.07) is 13.6. The Morgan fingerprint density at radius 1 is 1.00 bits per heavy atom. The molecule has 0 atom stereocenters. The van der Waals surface area contributed by atoms with Crippen molar-refractivity contribution in [2.24, 2.45) is 0 Å². The van der Waals surface area contributed by atoms with E-state index in [-0.39, 0.29) is 4.49 Å². The average molecular weight is 239 g/mol. The number of halogens is 2. The van der Waals surface area contributed by atoms with Gasteiger partial charge in [-0.25, -0.2) is 0 Å². The molecule has 0 fully saturated rings. The van der Waals surface area contributed by atoms with Crippen molar-refractivity contribution in [1.29, 1.82) is 0 Å². The van der Waals surface area contributed by atoms with E-state index in [1.54, 1.807) is 6.08 Å². The molecule has 76 valence electrons. The van der Waals surface area contributed by atoms with Gasteiger partial charge in [0.15, 0.2) is 0 Å². The molecule has 0 saturated heterocycles. The lowest BCUT2D eigenvalue weighted by Crippen LogP contribution is -1.70. The Morgan fingerprint density at radius 2 is 1.73 bits per heavy atom. The zero-order valence-electron chi connectivity index (χ0n) is 7.78. The first kappa shape index (κ1) is 10.3. The Bertz CT molecular complexity index is 467. The summed E-state index contributed by atoms with van der Waals surface area (Å²) in [6.07, 6.45) is 1.57. The summed E-state index contributed by atoms with van der Waals surface area (Å²) in [6.45, 7) is 0. The third kappa shape index (κ3) is 2.65. The highest BCUT2D eigenvalue weighted by Gasteiger charge is 2.02. The van der Waals surface area contributed by atoms with Crippen LogP contribution in [0.1, 0.15) is 5.76 Å². The van der Waals surface area contributed by atoms with E-state index in [4.69, 9.17) is 27.6 Å². The van der Waals surface area contributed by atoms with Crippen LogP contribution in [0.3, 0.4) is 0 Å². The highest BCUT2D eigenvalue weighted by Crippen LogP contribution is 2.24. The van der Waals surface area contributed by atoms with Gasteiger partial charge in [0.05, 0.1) is 0 Å². The lowest BCUT2D eigenvalue weighted by molar-refractivity contribution is 0.572. The van der Waals surface area contributed by atoms with Crippen LogP contribution in [0.2, 0.25) is 0 Å². The summed E-state index contributed by atoms with van der Waals surface area (Å²) in [5.41, 5.74) is 1.03. The molecule has 0 aliphatic heterocycles. The predicted octanol–water partition coefficient (Wildman–Crippen LogP) is 4.72. The van der Waals surface area contributed by atoms with Gasteiger partial charge in [-0.3, -0.25) is 0 Å². The van der Waals surface area contributed by atoms with E-state index < -0.39 is 0 Å². The van der Waals surface area contributed by atoms with Gasteiger partial charge in [-0.05, 0) is 12.1 Å². The molecule has 15 heavy (non-hydrogen) atoms. The van der Waals surface area contributed by atoms with Crippen LogP contribution in [0.5, 0.6) is 0 Å². The summed E-state index contributed by atoms with van der Waals surface area (Å²) < 4.78 is 5.72. The molecule has 1 aromatic carbocycles. The van der Waals surface area contributed by atoms with Crippen molar-refractivity contribution >= 4 is 29.3 Å². The number of hydrogen-bond donors (Lipinski definition) is 0. The molecule has 2 aromatic rings. The molecule has 0 spiro atoms. The van der Waals surface area contributed by atoms with Crippen molar-refractivity contribution in [2.75, 3.05) is 0 Å². The van der Waals surface area contributed by atoms with Crippen LogP contribution in [0, 0.1) is 0 Å². The monoisotopic (exact) mass is 238 g/mol. The third-order valence-electron chi connectivity index (χ3n) is 1.94. The highest BCUT2D eigenvalue weighted by atomic mass is 35.5. The molecular weight excluding hydrogens is 231 g/mol. The van der Waals surface area contributed by atoms with E-state index >= 15 is 0 Å². The second kappa shape index (κ2) is 4.56. The Morgan fingerprint density at radius 3 is 2.40 bits per heavy atom. The maximum atomic E-state index is 5.54. The van der Waals surface area contributed by atoms with Gasteiger partial charge in [0.2, 0.25) is 0 Å². The molecule has 3 heteroatoms. The number of rotatable bonds is 2. The standard InChI is InChI=1S/C12H8Cl2O/c13-12(14)8-10-6-7-11(15-10)9-4-2-1-3-5-9/h1-8H. The minimum atomic E-state index is 0.184. The van der Waals surface area contributed by atoms with Crippen molar-refractivity contribution in [3.05, 3.63) is 52.7 Å². The van der Waals surface area contributed by atoms with Crippen LogP contribution in [-0.2, 0) is 0 Å². The summed E-state index contributed by atoms with van der Waals surface area (Å²) in [4.78, 5) is 0. The predicted molar refractivity (Wildman–Crippen MR) is 63.8 cm³/mol. The number of benzene rings is 1. The first-order valence-corrected chi connectivity index (χ1v) is 5.19. The Kier molecular flexibility index (Phi) is 3.14. The largest absolute Gasteiger partial charge is 0.457 e. The Labute approximate surface area is 97.9 Å². The first-order chi connectivity index (χ1) is 7.25. The quantitative estimate of drug-likeness (QED) is 0.738. The molecule has 0 N–H and O–H groups in total. The van der Waals surface area contributed by atoms with E-state index in [9.17, 15) is 0 Å². The molecule has 0 amide bonds. The van der Waals surface area contributed by atoms with Crippen LogP contribution in [0.25, 0.3) is 17.4 Å². The summed E-state index contributed by atoms with van der Waals surface area (Å²) >= 11 is 11.1. The molecule has 1 heterocycles. The third-order valence-corrected chi connectivity index (χ3v) is 2.15. The van der Waals surface area contributed by atoms with Gasteiger partial charge in [-0.15, -0.1) is 0 Å². The van der Waals surface area contributed by atoms with E-state index in [2.05, 4.69) is 0 Å². The number of hydrogen-bond acceptors (Lipinski definition) is 1. The molecule has 1 aromatic heterocycles. The second-order valence-corrected chi connectivity index (χ2v) is 4.01. The van der Waals surface area contributed by atoms with Crippen LogP contribution in [-0.4, -0.2) is 0 Å². The highest BCUT2D eigenvalue weighted by molar-refractivity contribution is 6.57. The van der Waals surface area contributed by atoms with Gasteiger partial charge < -0.3 is 4.42 Å². The molecule has 0 bridgehead atoms. The molecule has 0 aliphatic rings. The van der Waals surface area contributed by atoms with Gasteiger partial charge in [-0.1, -0.05) is 53.5 Å². The normalized spacial score (nSPS) is 10.0. The van der Waals surface area contributed by atoms with Gasteiger partial charge in [-0.2, -0.15) is 0 Å². The molecule has 2 rings (SSSR count). The van der Waals surface area contributed by atoms with Crippen molar-refractivity contribution in [3.8, 4) is 11.3 Å². The molecule has 0 radical (unpaired) electrons. The average Bonchev–Trinajstić information content (AvgIpc) is 2.67. The van der Waals surface area contributed by atoms with Gasteiger partial charge in [0.1, 0.15) is 16.0 Å². The second-order valence-electron chi connectivity index (χ2n) is 3.00. The van der Waals surface area contributed by atoms with Crippen molar-refractivity contribution in [1.82, 2.24) is 0 Å². The van der Waals surface area contributed by atoms with Crippen LogP contribution < -0.4 is 0 Å². The van der Waals surface area contributed by atoms with E-state index in [1.807, 2.05) is 42.5 Å². The fourth-order valence-corrected chi connectivity index (χ4v) is 1.51. The van der Waals surface area contributed by atoms with Crippen LogP contribution >= 0.6 is 23.2 Å².